The van der Waals surface area contributed by atoms with Crippen molar-refractivity contribution < 1.29 is 0 Å². The Hall–Kier alpha value is -2.53. The van der Waals surface area contributed by atoms with Crippen molar-refractivity contribution in [2.75, 3.05) is 0 Å². The lowest BCUT2D eigenvalue weighted by Gasteiger charge is -2.19. The molecule has 0 fully saturated rings. The van der Waals surface area contributed by atoms with Crippen molar-refractivity contribution in [2.24, 2.45) is 7.05 Å². The van der Waals surface area contributed by atoms with Crippen LogP contribution in [-0.2, 0) is 12.5 Å². The van der Waals surface area contributed by atoms with E-state index in [1.165, 1.54) is 5.56 Å². The average Bonchev–Trinajstić information content (AvgIpc) is 2.79. The van der Waals surface area contributed by atoms with Gasteiger partial charge in [-0.15, -0.1) is 0 Å². The largest absolute Gasteiger partial charge is 0.343 e. The van der Waals surface area contributed by atoms with Gasteiger partial charge in [0.1, 0.15) is 6.07 Å². The van der Waals surface area contributed by atoms with Gasteiger partial charge in [0.15, 0.2) is 0 Å². The third-order valence-corrected chi connectivity index (χ3v) is 4.24. The fraction of sp³-hybridized carbons (Fsp3) is 0.250. The Morgan fingerprint density at radius 2 is 1.59 bits per heavy atom. The Morgan fingerprint density at radius 1 is 0.955 bits per heavy atom. The van der Waals surface area contributed by atoms with Crippen LogP contribution in [0.15, 0.2) is 48.5 Å². The normalized spacial score (nSPS) is 11.6. The summed E-state index contributed by atoms with van der Waals surface area (Å²) in [6.45, 7) is 6.62. The number of aryl methyl sites for hydroxylation is 1. The van der Waals surface area contributed by atoms with Gasteiger partial charge in [0.05, 0.1) is 11.3 Å². The summed E-state index contributed by atoms with van der Waals surface area (Å²) in [5.41, 5.74) is 5.35. The van der Waals surface area contributed by atoms with Crippen molar-refractivity contribution >= 4 is 10.9 Å². The topological polar surface area (TPSA) is 28.7 Å². The molecule has 3 aromatic rings. The molecule has 2 nitrogen and oxygen atoms in total. The summed E-state index contributed by atoms with van der Waals surface area (Å²) in [5.74, 6) is 0. The van der Waals surface area contributed by atoms with Gasteiger partial charge in [-0.1, -0.05) is 63.2 Å². The monoisotopic (exact) mass is 288 g/mol. The SMILES string of the molecule is Cn1c(-c2ccc(C(C)(C)C)cc2)c(C#N)c2ccccc21. The van der Waals surface area contributed by atoms with Gasteiger partial charge in [0, 0.05) is 18.0 Å². The predicted octanol–water partition coefficient (Wildman–Crippen LogP) is 5.01. The van der Waals surface area contributed by atoms with Gasteiger partial charge in [0.2, 0.25) is 0 Å². The molecule has 0 spiro atoms. The Kier molecular flexibility index (Phi) is 3.30. The molecule has 1 aromatic heterocycles. The molecule has 0 aliphatic heterocycles. The molecule has 0 aliphatic carbocycles. The van der Waals surface area contributed by atoms with Gasteiger partial charge in [-0.2, -0.15) is 5.26 Å². The molecule has 22 heavy (non-hydrogen) atoms. The van der Waals surface area contributed by atoms with Crippen LogP contribution in [0.4, 0.5) is 0 Å². The number of para-hydroxylation sites is 1. The summed E-state index contributed by atoms with van der Waals surface area (Å²) in [6.07, 6.45) is 0. The van der Waals surface area contributed by atoms with Gasteiger partial charge in [-0.3, -0.25) is 0 Å². The first kappa shape index (κ1) is 14.4. The average molecular weight is 288 g/mol. The van der Waals surface area contributed by atoms with Gasteiger partial charge < -0.3 is 4.57 Å². The smallest absolute Gasteiger partial charge is 0.102 e. The van der Waals surface area contributed by atoms with E-state index in [-0.39, 0.29) is 5.41 Å². The third kappa shape index (κ3) is 2.19. The fourth-order valence-electron chi connectivity index (χ4n) is 2.97. The van der Waals surface area contributed by atoms with Crippen LogP contribution in [0.3, 0.4) is 0 Å². The molecular formula is C20H20N2. The molecule has 110 valence electrons. The molecule has 2 heteroatoms. The Balaban J connectivity index is 2.23. The number of hydrogen-bond acceptors (Lipinski definition) is 1. The number of fused-ring (bicyclic) bond motifs is 1. The number of nitriles is 1. The quantitative estimate of drug-likeness (QED) is 0.618. The zero-order valence-corrected chi connectivity index (χ0v) is 13.5. The highest BCUT2D eigenvalue weighted by Crippen LogP contribution is 2.33. The molecule has 0 bridgehead atoms. The van der Waals surface area contributed by atoms with Crippen LogP contribution < -0.4 is 0 Å². The molecule has 3 rings (SSSR count). The molecule has 0 saturated carbocycles. The first-order valence-corrected chi connectivity index (χ1v) is 7.52. The maximum absolute atomic E-state index is 9.61. The maximum atomic E-state index is 9.61. The zero-order valence-electron chi connectivity index (χ0n) is 13.5. The second-order valence-corrected chi connectivity index (χ2v) is 6.74. The molecule has 0 amide bonds. The van der Waals surface area contributed by atoms with Crippen molar-refractivity contribution in [3.05, 3.63) is 59.7 Å². The van der Waals surface area contributed by atoms with E-state index in [9.17, 15) is 5.26 Å². The third-order valence-electron chi connectivity index (χ3n) is 4.24. The molecule has 0 unspecified atom stereocenters. The van der Waals surface area contributed by atoms with Crippen molar-refractivity contribution in [2.45, 2.75) is 26.2 Å². The summed E-state index contributed by atoms with van der Waals surface area (Å²) >= 11 is 0. The zero-order chi connectivity index (χ0) is 15.9. The van der Waals surface area contributed by atoms with Gasteiger partial charge in [-0.25, -0.2) is 0 Å². The highest BCUT2D eigenvalue weighted by Gasteiger charge is 2.18. The van der Waals surface area contributed by atoms with Crippen LogP contribution in [-0.4, -0.2) is 4.57 Å². The predicted molar refractivity (Wildman–Crippen MR) is 91.8 cm³/mol. The minimum Gasteiger partial charge on any atom is -0.343 e. The van der Waals surface area contributed by atoms with Crippen molar-refractivity contribution in [1.82, 2.24) is 4.57 Å². The van der Waals surface area contributed by atoms with E-state index in [0.717, 1.165) is 27.7 Å². The van der Waals surface area contributed by atoms with E-state index in [0.29, 0.717) is 0 Å². The molecular weight excluding hydrogens is 268 g/mol. The van der Waals surface area contributed by atoms with E-state index in [1.807, 2.05) is 25.2 Å². The number of benzene rings is 2. The van der Waals surface area contributed by atoms with E-state index in [2.05, 4.69) is 61.7 Å². The van der Waals surface area contributed by atoms with Crippen LogP contribution in [0, 0.1) is 11.3 Å². The van der Waals surface area contributed by atoms with E-state index in [1.54, 1.807) is 0 Å². The minimum atomic E-state index is 0.134. The van der Waals surface area contributed by atoms with E-state index in [4.69, 9.17) is 0 Å². The second-order valence-electron chi connectivity index (χ2n) is 6.74. The van der Waals surface area contributed by atoms with E-state index < -0.39 is 0 Å². The van der Waals surface area contributed by atoms with Crippen molar-refractivity contribution in [1.29, 1.82) is 5.26 Å². The van der Waals surface area contributed by atoms with Crippen LogP contribution >= 0.6 is 0 Å². The Labute approximate surface area is 131 Å². The lowest BCUT2D eigenvalue weighted by atomic mass is 9.86. The number of nitrogens with zero attached hydrogens (tertiary/aromatic N) is 2. The lowest BCUT2D eigenvalue weighted by molar-refractivity contribution is 0.590. The fourth-order valence-corrected chi connectivity index (χ4v) is 2.97. The molecule has 1 heterocycles. The van der Waals surface area contributed by atoms with Gasteiger partial charge >= 0.3 is 0 Å². The van der Waals surface area contributed by atoms with Crippen LogP contribution in [0.1, 0.15) is 31.9 Å². The van der Waals surface area contributed by atoms with Crippen LogP contribution in [0.2, 0.25) is 0 Å². The maximum Gasteiger partial charge on any atom is 0.102 e. The summed E-state index contributed by atoms with van der Waals surface area (Å²) in [6, 6.07) is 19.0. The highest BCUT2D eigenvalue weighted by molar-refractivity contribution is 5.94. The molecule has 0 N–H and O–H groups in total. The summed E-state index contributed by atoms with van der Waals surface area (Å²) < 4.78 is 2.11. The van der Waals surface area contributed by atoms with Crippen molar-refractivity contribution in [3.8, 4) is 17.3 Å². The number of rotatable bonds is 1. The number of hydrogen-bond donors (Lipinski definition) is 0. The van der Waals surface area contributed by atoms with Gasteiger partial charge in [-0.05, 0) is 22.6 Å². The highest BCUT2D eigenvalue weighted by atomic mass is 14.9. The standard InChI is InChI=1S/C20H20N2/c1-20(2,3)15-11-9-14(10-12-15)19-17(13-21)16-7-5-6-8-18(16)22(19)4/h5-12H,1-4H3. The Morgan fingerprint density at radius 3 is 2.18 bits per heavy atom. The van der Waals surface area contributed by atoms with Crippen molar-refractivity contribution in [3.63, 3.8) is 0 Å². The summed E-state index contributed by atoms with van der Waals surface area (Å²) in [5, 5.41) is 10.6. The van der Waals surface area contributed by atoms with Gasteiger partial charge in [0.25, 0.3) is 0 Å². The minimum absolute atomic E-state index is 0.134. The van der Waals surface area contributed by atoms with Crippen LogP contribution in [0.25, 0.3) is 22.2 Å². The molecule has 0 aliphatic rings. The first-order chi connectivity index (χ1) is 10.4. The van der Waals surface area contributed by atoms with Crippen LogP contribution in [0.5, 0.6) is 0 Å². The summed E-state index contributed by atoms with van der Waals surface area (Å²) in [7, 11) is 2.02. The van der Waals surface area contributed by atoms with E-state index >= 15 is 0 Å². The Bertz CT molecular complexity index is 869. The number of aromatic nitrogens is 1. The molecule has 0 saturated heterocycles. The second kappa shape index (κ2) is 5.03. The molecule has 0 radical (unpaired) electrons. The lowest BCUT2D eigenvalue weighted by Crippen LogP contribution is -2.10. The molecule has 0 atom stereocenters. The first-order valence-electron chi connectivity index (χ1n) is 7.52. The molecule has 2 aromatic carbocycles. The summed E-state index contributed by atoms with van der Waals surface area (Å²) in [4.78, 5) is 0.